The topological polar surface area (TPSA) is 36.1 Å². The molecule has 0 amide bonds. The summed E-state index contributed by atoms with van der Waals surface area (Å²) in [5, 5.41) is 0.918. The molecule has 0 atom stereocenters. The maximum Gasteiger partial charge on any atom is 0.268 e. The van der Waals surface area contributed by atoms with E-state index in [9.17, 15) is 4.79 Å². The van der Waals surface area contributed by atoms with E-state index < -0.39 is 0 Å². The summed E-state index contributed by atoms with van der Waals surface area (Å²) in [4.78, 5) is 14.7. The zero-order chi connectivity index (χ0) is 19.6. The summed E-state index contributed by atoms with van der Waals surface area (Å²) in [6.45, 7) is 8.26. The third-order valence-corrected chi connectivity index (χ3v) is 6.61. The summed E-state index contributed by atoms with van der Waals surface area (Å²) in [5.41, 5.74) is 6.52. The second-order valence-corrected chi connectivity index (χ2v) is 8.42. The summed E-state index contributed by atoms with van der Waals surface area (Å²) >= 11 is 1.36. The Hall–Kier alpha value is -2.66. The fraction of sp³-hybridized carbons (Fsp3) is 0.261. The van der Waals surface area contributed by atoms with E-state index in [-0.39, 0.29) is 11.4 Å². The van der Waals surface area contributed by atoms with Crippen LogP contribution >= 0.6 is 11.5 Å². The Bertz CT molecular complexity index is 1170. The standard InChI is InChI=1S/C23H21FN2OS/c1-4-16-20(14-7-5-12(2)6-8-14)18(24)11-17-13(3)19-22(27)25-28-23(19)26(21(16)17)15-9-10-15/h5-8,11,15H,3-4,9-10H2,1-2H3,(H,25,27). The number of rotatable bonds is 3. The first kappa shape index (κ1) is 17.4. The normalized spacial score (nSPS) is 15.5. The molecule has 5 heteroatoms. The predicted molar refractivity (Wildman–Crippen MR) is 114 cm³/mol. The number of hydrogen-bond acceptors (Lipinski definition) is 3. The number of aromatic amines is 1. The molecule has 1 N–H and O–H groups in total. The van der Waals surface area contributed by atoms with Gasteiger partial charge in [-0.05, 0) is 60.5 Å². The summed E-state index contributed by atoms with van der Waals surface area (Å²) < 4.78 is 18.2. The number of hydrogen-bond donors (Lipinski definition) is 1. The molecular weight excluding hydrogens is 371 g/mol. The maximum atomic E-state index is 15.4. The molecule has 1 saturated carbocycles. The Labute approximate surface area is 167 Å². The van der Waals surface area contributed by atoms with E-state index >= 15 is 4.39 Å². The van der Waals surface area contributed by atoms with Crippen molar-refractivity contribution < 1.29 is 4.39 Å². The van der Waals surface area contributed by atoms with E-state index in [2.05, 4.69) is 22.8 Å². The lowest BCUT2D eigenvalue weighted by Gasteiger charge is -2.34. The Morgan fingerprint density at radius 2 is 1.96 bits per heavy atom. The Kier molecular flexibility index (Phi) is 3.85. The van der Waals surface area contributed by atoms with E-state index in [1.807, 2.05) is 31.2 Å². The van der Waals surface area contributed by atoms with Gasteiger partial charge in [-0.25, -0.2) is 4.39 Å². The van der Waals surface area contributed by atoms with Crippen LogP contribution in [0.25, 0.3) is 16.7 Å². The van der Waals surface area contributed by atoms with E-state index in [1.165, 1.54) is 11.5 Å². The highest BCUT2D eigenvalue weighted by Crippen LogP contribution is 2.53. The first-order valence-electron chi connectivity index (χ1n) is 9.64. The van der Waals surface area contributed by atoms with Crippen LogP contribution in [0.3, 0.4) is 0 Å². The van der Waals surface area contributed by atoms with E-state index in [0.717, 1.165) is 45.8 Å². The van der Waals surface area contributed by atoms with Crippen molar-refractivity contribution in [1.82, 2.24) is 4.37 Å². The molecule has 1 aliphatic carbocycles. The molecule has 0 spiro atoms. The molecule has 3 aromatic rings. The quantitative estimate of drug-likeness (QED) is 0.612. The van der Waals surface area contributed by atoms with Crippen molar-refractivity contribution in [3.8, 4) is 11.1 Å². The third-order valence-electron chi connectivity index (χ3n) is 5.73. The lowest BCUT2D eigenvalue weighted by molar-refractivity contribution is 0.628. The van der Waals surface area contributed by atoms with Gasteiger partial charge in [0.05, 0.1) is 11.3 Å². The van der Waals surface area contributed by atoms with Gasteiger partial charge in [-0.15, -0.1) is 0 Å². The molecule has 0 unspecified atom stereocenters. The lowest BCUT2D eigenvalue weighted by Crippen LogP contribution is -2.27. The zero-order valence-electron chi connectivity index (χ0n) is 15.9. The number of fused-ring (bicyclic) bond motifs is 2. The molecule has 0 radical (unpaired) electrons. The molecule has 1 aliphatic heterocycles. The van der Waals surface area contributed by atoms with Gasteiger partial charge >= 0.3 is 0 Å². The maximum absolute atomic E-state index is 15.4. The van der Waals surface area contributed by atoms with Gasteiger partial charge in [-0.1, -0.05) is 43.3 Å². The van der Waals surface area contributed by atoms with Gasteiger partial charge < -0.3 is 4.90 Å². The lowest BCUT2D eigenvalue weighted by atomic mass is 9.86. The number of nitrogens with one attached hydrogen (secondary N) is 1. The highest BCUT2D eigenvalue weighted by molar-refractivity contribution is 7.10. The fourth-order valence-corrected chi connectivity index (χ4v) is 5.17. The van der Waals surface area contributed by atoms with Crippen LogP contribution in [-0.4, -0.2) is 10.4 Å². The highest BCUT2D eigenvalue weighted by atomic mass is 32.1. The van der Waals surface area contributed by atoms with Crippen LogP contribution in [0, 0.1) is 12.7 Å². The minimum Gasteiger partial charge on any atom is -0.328 e. The largest absolute Gasteiger partial charge is 0.328 e. The summed E-state index contributed by atoms with van der Waals surface area (Å²) in [7, 11) is 0. The molecule has 142 valence electrons. The zero-order valence-corrected chi connectivity index (χ0v) is 16.8. The minimum absolute atomic E-state index is 0.137. The average Bonchev–Trinajstić information content (AvgIpc) is 3.44. The van der Waals surface area contributed by atoms with E-state index in [0.29, 0.717) is 29.2 Å². The first-order valence-corrected chi connectivity index (χ1v) is 10.5. The van der Waals surface area contributed by atoms with E-state index in [4.69, 9.17) is 0 Å². The van der Waals surface area contributed by atoms with Crippen molar-refractivity contribution in [2.75, 3.05) is 4.90 Å². The number of benzene rings is 2. The smallest absolute Gasteiger partial charge is 0.268 e. The first-order chi connectivity index (χ1) is 13.5. The predicted octanol–water partition coefficient (Wildman–Crippen LogP) is 5.79. The van der Waals surface area contributed by atoms with Crippen molar-refractivity contribution in [2.24, 2.45) is 0 Å². The minimum atomic E-state index is -0.258. The number of H-pyrrole nitrogens is 1. The molecule has 2 aliphatic rings. The van der Waals surface area contributed by atoms with E-state index in [1.54, 1.807) is 6.07 Å². The molecule has 2 aromatic carbocycles. The molecular formula is C23H21FN2OS. The second kappa shape index (κ2) is 6.17. The molecule has 3 nitrogen and oxygen atoms in total. The van der Waals surface area contributed by atoms with Gasteiger partial charge in [0.15, 0.2) is 0 Å². The fourth-order valence-electron chi connectivity index (χ4n) is 4.22. The molecule has 0 saturated heterocycles. The number of aromatic nitrogens is 1. The summed E-state index contributed by atoms with van der Waals surface area (Å²) in [6, 6.07) is 9.93. The number of anilines is 2. The van der Waals surface area contributed by atoms with Crippen molar-refractivity contribution >= 4 is 27.8 Å². The van der Waals surface area contributed by atoms with Crippen LogP contribution in [0.15, 0.2) is 41.7 Å². The van der Waals surface area contributed by atoms with Gasteiger partial charge in [0.2, 0.25) is 0 Å². The van der Waals surface area contributed by atoms with Crippen LogP contribution < -0.4 is 10.5 Å². The molecule has 0 bridgehead atoms. The van der Waals surface area contributed by atoms with Crippen LogP contribution in [0.2, 0.25) is 0 Å². The van der Waals surface area contributed by atoms with Crippen LogP contribution in [0.1, 0.15) is 42.0 Å². The Morgan fingerprint density at radius 1 is 1.25 bits per heavy atom. The number of nitrogens with zero attached hydrogens (tertiary/aromatic N) is 1. The third kappa shape index (κ3) is 2.42. The van der Waals surface area contributed by atoms with Crippen LogP contribution in [-0.2, 0) is 6.42 Å². The van der Waals surface area contributed by atoms with Crippen LogP contribution in [0.5, 0.6) is 0 Å². The van der Waals surface area contributed by atoms with Crippen molar-refractivity contribution in [3.63, 3.8) is 0 Å². The Morgan fingerprint density at radius 3 is 2.61 bits per heavy atom. The SMILES string of the molecule is C=C1c2cc(F)c(-c3ccc(C)cc3)c(CC)c2N(C2CC2)c2s[nH]c(=O)c21. The average molecular weight is 392 g/mol. The van der Waals surface area contributed by atoms with Crippen molar-refractivity contribution in [3.05, 3.63) is 75.3 Å². The highest BCUT2D eigenvalue weighted by Gasteiger charge is 2.40. The van der Waals surface area contributed by atoms with Gasteiger partial charge in [0, 0.05) is 17.2 Å². The van der Waals surface area contributed by atoms with Gasteiger partial charge in [-0.2, -0.15) is 0 Å². The summed E-state index contributed by atoms with van der Waals surface area (Å²) in [6.07, 6.45) is 2.87. The van der Waals surface area contributed by atoms with Crippen molar-refractivity contribution in [2.45, 2.75) is 39.2 Å². The van der Waals surface area contributed by atoms with Gasteiger partial charge in [0.1, 0.15) is 10.8 Å². The molecule has 1 fully saturated rings. The van der Waals surface area contributed by atoms with Gasteiger partial charge in [0.25, 0.3) is 5.56 Å². The molecule has 2 heterocycles. The monoisotopic (exact) mass is 392 g/mol. The van der Waals surface area contributed by atoms with Gasteiger partial charge in [-0.3, -0.25) is 9.17 Å². The second-order valence-electron chi connectivity index (χ2n) is 7.62. The van der Waals surface area contributed by atoms with Crippen molar-refractivity contribution in [1.29, 1.82) is 0 Å². The molecule has 28 heavy (non-hydrogen) atoms. The number of halogens is 1. The van der Waals surface area contributed by atoms with Crippen LogP contribution in [0.4, 0.5) is 15.1 Å². The number of aryl methyl sites for hydroxylation is 1. The summed E-state index contributed by atoms with van der Waals surface area (Å²) in [5.74, 6) is -0.258. The Balaban J connectivity index is 1.83. The molecule has 1 aromatic heterocycles. The molecule has 5 rings (SSSR count).